The number of carbonyl (C=O) groups excluding carboxylic acids is 2. The van der Waals surface area contributed by atoms with Crippen molar-refractivity contribution in [2.45, 2.75) is 45.3 Å². The molecular weight excluding hydrogens is 513 g/mol. The van der Waals surface area contributed by atoms with Gasteiger partial charge in [0.25, 0.3) is 0 Å². The lowest BCUT2D eigenvalue weighted by atomic mass is 9.87. The maximum atomic E-state index is 14.4. The quantitative estimate of drug-likeness (QED) is 0.458. The van der Waals surface area contributed by atoms with Crippen molar-refractivity contribution >= 4 is 29.4 Å². The average molecular weight is 552 g/mol. The second kappa shape index (κ2) is 11.5. The van der Waals surface area contributed by atoms with E-state index < -0.39 is 0 Å². The summed E-state index contributed by atoms with van der Waals surface area (Å²) in [5.41, 5.74) is 4.99. The van der Waals surface area contributed by atoms with E-state index in [1.807, 2.05) is 55.7 Å². The number of hydrogen-bond donors (Lipinski definition) is 1. The van der Waals surface area contributed by atoms with E-state index in [9.17, 15) is 14.0 Å². The molecule has 3 aromatic rings. The van der Waals surface area contributed by atoms with Crippen LogP contribution in [0, 0.1) is 19.7 Å². The minimum atomic E-state index is -0.382. The summed E-state index contributed by atoms with van der Waals surface area (Å²) < 4.78 is 16.2. The third-order valence-corrected chi connectivity index (χ3v) is 7.97. The van der Waals surface area contributed by atoms with Crippen molar-refractivity contribution in [2.24, 2.45) is 0 Å². The van der Waals surface area contributed by atoms with Crippen LogP contribution in [0.4, 0.5) is 10.2 Å². The van der Waals surface area contributed by atoms with Crippen LogP contribution >= 0.6 is 11.8 Å². The first-order valence-electron chi connectivity index (χ1n) is 13.2. The lowest BCUT2D eigenvalue weighted by Gasteiger charge is -2.25. The third-order valence-electron chi connectivity index (χ3n) is 6.71. The highest BCUT2D eigenvalue weighted by Gasteiger charge is 2.40. The Hall–Kier alpha value is -3.17. The van der Waals surface area contributed by atoms with Crippen LogP contribution in [0.1, 0.15) is 54.0 Å². The Balaban J connectivity index is 1.95. The first kappa shape index (κ1) is 28.8. The lowest BCUT2D eigenvalue weighted by Crippen LogP contribution is -2.43. The fraction of sp³-hybridized carbons (Fsp3) is 0.433. The number of carbonyl (C=O) groups is 2. The maximum absolute atomic E-state index is 14.4. The maximum Gasteiger partial charge on any atom is 0.240 e. The van der Waals surface area contributed by atoms with Crippen molar-refractivity contribution in [1.82, 2.24) is 20.0 Å². The highest BCUT2D eigenvalue weighted by molar-refractivity contribution is 8.00. The number of nitrogens with zero attached hydrogens (tertiary/aromatic N) is 4. The number of thioether (sulfide) groups is 1. The van der Waals surface area contributed by atoms with E-state index >= 15 is 0 Å². The van der Waals surface area contributed by atoms with Gasteiger partial charge in [0.05, 0.1) is 22.4 Å². The zero-order chi connectivity index (χ0) is 28.5. The fourth-order valence-corrected chi connectivity index (χ4v) is 6.02. The summed E-state index contributed by atoms with van der Waals surface area (Å²) in [6.45, 7) is 11.3. The second-order valence-corrected chi connectivity index (χ2v) is 12.5. The van der Waals surface area contributed by atoms with Gasteiger partial charge in [0.15, 0.2) is 0 Å². The Morgan fingerprint density at radius 3 is 2.56 bits per heavy atom. The molecule has 0 unspecified atom stereocenters. The van der Waals surface area contributed by atoms with Gasteiger partial charge >= 0.3 is 0 Å². The van der Waals surface area contributed by atoms with Crippen LogP contribution in [0.25, 0.3) is 5.69 Å². The number of hydrogen-bond acceptors (Lipinski definition) is 5. The molecular formula is C30H38FN5O2S. The van der Waals surface area contributed by atoms with Crippen molar-refractivity contribution in [3.63, 3.8) is 0 Å². The standard InChI is InChI=1S/C30H38FN5O2S/c1-19-11-12-23(20(2)15-19)36-29-26(28(33-36)30(3,4)5)27(21-9-8-10-22(31)16-21)39-18-25(38)35(29)17-24(37)32-13-14-34(6)7/h8-12,15-16,27H,13-14,17-18H2,1-7H3,(H,32,37)/t27-/m1/s1. The third kappa shape index (κ3) is 6.36. The molecule has 208 valence electrons. The first-order chi connectivity index (χ1) is 18.4. The molecule has 0 radical (unpaired) electrons. The molecule has 0 fully saturated rings. The monoisotopic (exact) mass is 551 g/mol. The topological polar surface area (TPSA) is 70.5 Å². The highest BCUT2D eigenvalue weighted by atomic mass is 32.2. The predicted octanol–water partition coefficient (Wildman–Crippen LogP) is 4.77. The van der Waals surface area contributed by atoms with Crippen molar-refractivity contribution in [3.05, 3.63) is 76.2 Å². The number of benzene rings is 2. The van der Waals surface area contributed by atoms with Gasteiger partial charge in [0, 0.05) is 24.1 Å². The van der Waals surface area contributed by atoms with Gasteiger partial charge in [-0.3, -0.25) is 14.5 Å². The van der Waals surface area contributed by atoms with Gasteiger partial charge in [-0.1, -0.05) is 50.6 Å². The summed E-state index contributed by atoms with van der Waals surface area (Å²) in [4.78, 5) is 30.4. The molecule has 0 saturated carbocycles. The van der Waals surface area contributed by atoms with Gasteiger partial charge in [-0.2, -0.15) is 5.10 Å². The normalized spacial score (nSPS) is 15.9. The summed E-state index contributed by atoms with van der Waals surface area (Å²) in [7, 11) is 3.88. The molecule has 39 heavy (non-hydrogen) atoms. The molecule has 9 heteroatoms. The highest BCUT2D eigenvalue weighted by Crippen LogP contribution is 2.48. The Morgan fingerprint density at radius 2 is 1.92 bits per heavy atom. The average Bonchev–Trinajstić information content (AvgIpc) is 3.16. The first-order valence-corrected chi connectivity index (χ1v) is 14.2. The Bertz CT molecular complexity index is 1380. The van der Waals surface area contributed by atoms with Crippen LogP contribution in [-0.4, -0.2) is 66.0 Å². The zero-order valence-electron chi connectivity index (χ0n) is 23.8. The van der Waals surface area contributed by atoms with Crippen LogP contribution in [-0.2, 0) is 15.0 Å². The smallest absolute Gasteiger partial charge is 0.240 e. The van der Waals surface area contributed by atoms with Crippen molar-refractivity contribution in [1.29, 1.82) is 0 Å². The van der Waals surface area contributed by atoms with Crippen molar-refractivity contribution < 1.29 is 14.0 Å². The largest absolute Gasteiger partial charge is 0.353 e. The minimum absolute atomic E-state index is 0.129. The van der Waals surface area contributed by atoms with E-state index in [4.69, 9.17) is 5.10 Å². The Morgan fingerprint density at radius 1 is 1.18 bits per heavy atom. The Kier molecular flexibility index (Phi) is 8.51. The van der Waals surface area contributed by atoms with Crippen LogP contribution in [0.2, 0.25) is 0 Å². The minimum Gasteiger partial charge on any atom is -0.353 e. The molecule has 1 aliphatic rings. The molecule has 2 heterocycles. The lowest BCUT2D eigenvalue weighted by molar-refractivity contribution is -0.122. The molecule has 1 atom stereocenters. The predicted molar refractivity (Wildman–Crippen MR) is 156 cm³/mol. The van der Waals surface area contributed by atoms with Gasteiger partial charge in [-0.05, 0) is 57.3 Å². The summed E-state index contributed by atoms with van der Waals surface area (Å²) >= 11 is 1.45. The number of rotatable bonds is 7. The number of nitrogens with one attached hydrogen (secondary N) is 1. The van der Waals surface area contributed by atoms with Gasteiger partial charge in [-0.25, -0.2) is 9.07 Å². The summed E-state index contributed by atoms with van der Waals surface area (Å²) in [5.74, 6) is -0.0391. The fourth-order valence-electron chi connectivity index (χ4n) is 4.84. The molecule has 7 nitrogen and oxygen atoms in total. The van der Waals surface area contributed by atoms with Crippen LogP contribution < -0.4 is 10.2 Å². The van der Waals surface area contributed by atoms with Gasteiger partial charge in [0.2, 0.25) is 11.8 Å². The van der Waals surface area contributed by atoms with E-state index in [1.54, 1.807) is 11.0 Å². The Labute approximate surface area is 234 Å². The van der Waals surface area contributed by atoms with Crippen molar-refractivity contribution in [3.8, 4) is 5.69 Å². The van der Waals surface area contributed by atoms with Gasteiger partial charge in [-0.15, -0.1) is 11.8 Å². The van der Waals surface area contributed by atoms with Crippen LogP contribution in [0.15, 0.2) is 42.5 Å². The van der Waals surface area contributed by atoms with Crippen LogP contribution in [0.3, 0.4) is 0 Å². The molecule has 2 amide bonds. The number of halogens is 1. The SMILES string of the molecule is Cc1ccc(-n2nc(C(C)(C)C)c3c2N(CC(=O)NCCN(C)C)C(=O)CS[C@@H]3c2cccc(F)c2)c(C)c1. The van der Waals surface area contributed by atoms with E-state index in [0.29, 0.717) is 18.9 Å². The van der Waals surface area contributed by atoms with E-state index in [1.165, 1.54) is 23.9 Å². The van der Waals surface area contributed by atoms with E-state index in [2.05, 4.69) is 32.2 Å². The molecule has 0 saturated heterocycles. The molecule has 0 spiro atoms. The number of aromatic nitrogens is 2. The van der Waals surface area contributed by atoms with E-state index in [-0.39, 0.29) is 40.6 Å². The molecule has 4 rings (SSSR count). The molecule has 0 bridgehead atoms. The second-order valence-electron chi connectivity index (χ2n) is 11.4. The number of amides is 2. The number of fused-ring (bicyclic) bond motifs is 1. The molecule has 1 aliphatic heterocycles. The summed E-state index contributed by atoms with van der Waals surface area (Å²) in [5, 5.41) is 7.72. The molecule has 2 aromatic carbocycles. The zero-order valence-corrected chi connectivity index (χ0v) is 24.7. The van der Waals surface area contributed by atoms with Gasteiger partial charge < -0.3 is 10.2 Å². The molecule has 0 aliphatic carbocycles. The number of aryl methyl sites for hydroxylation is 2. The number of anilines is 1. The summed E-state index contributed by atoms with van der Waals surface area (Å²) in [6, 6.07) is 12.6. The number of likely N-dealkylation sites (N-methyl/N-ethyl adjacent to an activating group) is 1. The van der Waals surface area contributed by atoms with Crippen LogP contribution in [0.5, 0.6) is 0 Å². The van der Waals surface area contributed by atoms with E-state index in [0.717, 1.165) is 33.6 Å². The van der Waals surface area contributed by atoms with Gasteiger partial charge in [0.1, 0.15) is 18.2 Å². The molecule has 1 N–H and O–H groups in total. The van der Waals surface area contributed by atoms with Crippen molar-refractivity contribution in [2.75, 3.05) is 44.4 Å². The summed E-state index contributed by atoms with van der Waals surface area (Å²) in [6.07, 6.45) is 0. The molecule has 1 aromatic heterocycles.